The standard InChI is InChI=1S/C18H17FO4/c1-21-14-8-9-15(17(10-14)22-2)16(19)11-18(20)23-12-13-6-4-3-5-7-13/h3-11H,12H2,1-2H3/b16-11+. The number of esters is 1. The van der Waals surface area contributed by atoms with Gasteiger partial charge in [0, 0.05) is 6.07 Å². The molecule has 120 valence electrons. The first kappa shape index (κ1) is 16.5. The van der Waals surface area contributed by atoms with Gasteiger partial charge in [-0.1, -0.05) is 30.3 Å². The van der Waals surface area contributed by atoms with Crippen LogP contribution in [0.3, 0.4) is 0 Å². The van der Waals surface area contributed by atoms with Gasteiger partial charge in [0.1, 0.15) is 23.9 Å². The predicted octanol–water partition coefficient (Wildman–Crippen LogP) is 3.76. The van der Waals surface area contributed by atoms with Gasteiger partial charge in [0.25, 0.3) is 0 Å². The first-order valence-corrected chi connectivity index (χ1v) is 6.94. The number of halogens is 1. The second kappa shape index (κ2) is 7.98. The van der Waals surface area contributed by atoms with E-state index in [0.717, 1.165) is 11.6 Å². The number of hydrogen-bond acceptors (Lipinski definition) is 4. The first-order valence-electron chi connectivity index (χ1n) is 6.94. The zero-order valence-corrected chi connectivity index (χ0v) is 12.9. The van der Waals surface area contributed by atoms with E-state index in [0.29, 0.717) is 5.75 Å². The molecule has 0 saturated heterocycles. The van der Waals surface area contributed by atoms with Crippen LogP contribution in [0.1, 0.15) is 11.1 Å². The molecule has 2 aromatic carbocycles. The molecule has 0 fully saturated rings. The van der Waals surface area contributed by atoms with Crippen molar-refractivity contribution in [2.45, 2.75) is 6.61 Å². The van der Waals surface area contributed by atoms with E-state index in [1.807, 2.05) is 30.3 Å². The van der Waals surface area contributed by atoms with Crippen molar-refractivity contribution in [2.24, 2.45) is 0 Å². The second-order valence-corrected chi connectivity index (χ2v) is 4.65. The van der Waals surface area contributed by atoms with Gasteiger partial charge in [0.05, 0.1) is 25.9 Å². The minimum absolute atomic E-state index is 0.0865. The van der Waals surface area contributed by atoms with Gasteiger partial charge >= 0.3 is 5.97 Å². The normalized spacial score (nSPS) is 11.0. The average molecular weight is 316 g/mol. The van der Waals surface area contributed by atoms with Gasteiger partial charge in [-0.05, 0) is 17.7 Å². The predicted molar refractivity (Wildman–Crippen MR) is 84.9 cm³/mol. The van der Waals surface area contributed by atoms with Crippen molar-refractivity contribution in [3.8, 4) is 11.5 Å². The highest BCUT2D eigenvalue weighted by Gasteiger charge is 2.12. The summed E-state index contributed by atoms with van der Waals surface area (Å²) in [7, 11) is 2.92. The van der Waals surface area contributed by atoms with E-state index in [1.54, 1.807) is 6.07 Å². The molecule has 0 radical (unpaired) electrons. The van der Waals surface area contributed by atoms with Crippen molar-refractivity contribution in [1.82, 2.24) is 0 Å². The van der Waals surface area contributed by atoms with Crippen LogP contribution in [-0.4, -0.2) is 20.2 Å². The maximum Gasteiger partial charge on any atom is 0.334 e. The van der Waals surface area contributed by atoms with E-state index in [-0.39, 0.29) is 17.9 Å². The summed E-state index contributed by atoms with van der Waals surface area (Å²) >= 11 is 0. The Morgan fingerprint density at radius 1 is 1.09 bits per heavy atom. The van der Waals surface area contributed by atoms with Gasteiger partial charge in [-0.2, -0.15) is 0 Å². The largest absolute Gasteiger partial charge is 0.497 e. The molecule has 5 heteroatoms. The van der Waals surface area contributed by atoms with Gasteiger partial charge in [-0.15, -0.1) is 0 Å². The number of hydrogen-bond donors (Lipinski definition) is 0. The number of carbonyl (C=O) groups is 1. The summed E-state index contributed by atoms with van der Waals surface area (Å²) in [5, 5.41) is 0. The lowest BCUT2D eigenvalue weighted by Crippen LogP contribution is -2.02. The van der Waals surface area contributed by atoms with E-state index in [9.17, 15) is 9.18 Å². The summed E-state index contributed by atoms with van der Waals surface area (Å²) in [5.74, 6) is -0.689. The Balaban J connectivity index is 2.08. The van der Waals surface area contributed by atoms with Crippen molar-refractivity contribution >= 4 is 11.8 Å². The molecule has 0 aromatic heterocycles. The minimum atomic E-state index is -0.760. The Labute approximate surface area is 134 Å². The molecule has 0 saturated carbocycles. The molecule has 2 aromatic rings. The highest BCUT2D eigenvalue weighted by atomic mass is 19.1. The molecule has 0 unspecified atom stereocenters. The van der Waals surface area contributed by atoms with Crippen molar-refractivity contribution < 1.29 is 23.4 Å². The summed E-state index contributed by atoms with van der Waals surface area (Å²) in [6, 6.07) is 13.8. The molecule has 0 aliphatic rings. The molecular formula is C18H17FO4. The topological polar surface area (TPSA) is 44.8 Å². The lowest BCUT2D eigenvalue weighted by atomic mass is 10.1. The number of ether oxygens (including phenoxy) is 3. The highest BCUT2D eigenvalue weighted by Crippen LogP contribution is 2.30. The lowest BCUT2D eigenvalue weighted by molar-refractivity contribution is -0.138. The van der Waals surface area contributed by atoms with Crippen LogP contribution in [0.2, 0.25) is 0 Å². The third-order valence-corrected chi connectivity index (χ3v) is 3.13. The fourth-order valence-corrected chi connectivity index (χ4v) is 1.95. The molecule has 0 amide bonds. The molecule has 2 rings (SSSR count). The zero-order chi connectivity index (χ0) is 16.7. The molecule has 0 aliphatic heterocycles. The Kier molecular flexibility index (Phi) is 5.74. The molecule has 0 heterocycles. The minimum Gasteiger partial charge on any atom is -0.497 e. The molecule has 0 bridgehead atoms. The van der Waals surface area contributed by atoms with Crippen LogP contribution in [0.15, 0.2) is 54.6 Å². The van der Waals surface area contributed by atoms with Crippen LogP contribution < -0.4 is 9.47 Å². The van der Waals surface area contributed by atoms with Gasteiger partial charge in [-0.25, -0.2) is 9.18 Å². The van der Waals surface area contributed by atoms with Crippen molar-refractivity contribution in [1.29, 1.82) is 0 Å². The summed E-state index contributed by atoms with van der Waals surface area (Å²) in [5.41, 5.74) is 0.988. The molecular weight excluding hydrogens is 299 g/mol. The second-order valence-electron chi connectivity index (χ2n) is 4.65. The Bertz CT molecular complexity index is 695. The third kappa shape index (κ3) is 4.57. The number of methoxy groups -OCH3 is 2. The van der Waals surface area contributed by atoms with Gasteiger partial charge in [0.15, 0.2) is 0 Å². The number of benzene rings is 2. The van der Waals surface area contributed by atoms with Gasteiger partial charge in [0.2, 0.25) is 0 Å². The van der Waals surface area contributed by atoms with Gasteiger partial charge < -0.3 is 14.2 Å². The van der Waals surface area contributed by atoms with Crippen LogP contribution in [0, 0.1) is 0 Å². The van der Waals surface area contributed by atoms with Crippen LogP contribution in [0.25, 0.3) is 5.83 Å². The van der Waals surface area contributed by atoms with Crippen molar-refractivity contribution in [3.05, 3.63) is 65.7 Å². The molecule has 0 spiro atoms. The Morgan fingerprint density at radius 3 is 2.48 bits per heavy atom. The highest BCUT2D eigenvalue weighted by molar-refractivity contribution is 5.90. The van der Waals surface area contributed by atoms with Crippen LogP contribution >= 0.6 is 0 Å². The Hall–Kier alpha value is -2.82. The fourth-order valence-electron chi connectivity index (χ4n) is 1.95. The maximum absolute atomic E-state index is 14.2. The summed E-state index contributed by atoms with van der Waals surface area (Å²) < 4.78 is 29.4. The quantitative estimate of drug-likeness (QED) is 0.601. The Morgan fingerprint density at radius 2 is 1.83 bits per heavy atom. The maximum atomic E-state index is 14.2. The van der Waals surface area contributed by atoms with Gasteiger partial charge in [-0.3, -0.25) is 0 Å². The van der Waals surface area contributed by atoms with E-state index in [4.69, 9.17) is 14.2 Å². The zero-order valence-electron chi connectivity index (χ0n) is 12.9. The van der Waals surface area contributed by atoms with E-state index in [2.05, 4.69) is 0 Å². The SMILES string of the molecule is COc1ccc(/C(F)=C\C(=O)OCc2ccccc2)c(OC)c1. The average Bonchev–Trinajstić information content (AvgIpc) is 2.60. The third-order valence-electron chi connectivity index (χ3n) is 3.13. The van der Waals surface area contributed by atoms with E-state index in [1.165, 1.54) is 26.4 Å². The molecule has 4 nitrogen and oxygen atoms in total. The summed E-state index contributed by atoms with van der Waals surface area (Å²) in [4.78, 5) is 11.7. The molecule has 0 aliphatic carbocycles. The molecule has 0 N–H and O–H groups in total. The van der Waals surface area contributed by atoms with Crippen LogP contribution in [-0.2, 0) is 16.1 Å². The van der Waals surface area contributed by atoms with Crippen LogP contribution in [0.5, 0.6) is 11.5 Å². The number of rotatable bonds is 6. The molecule has 0 atom stereocenters. The lowest BCUT2D eigenvalue weighted by Gasteiger charge is -2.09. The summed E-state index contributed by atoms with van der Waals surface area (Å²) in [6.45, 7) is 0.0865. The monoisotopic (exact) mass is 316 g/mol. The van der Waals surface area contributed by atoms with E-state index < -0.39 is 11.8 Å². The van der Waals surface area contributed by atoms with E-state index >= 15 is 0 Å². The van der Waals surface area contributed by atoms with Crippen molar-refractivity contribution in [3.63, 3.8) is 0 Å². The van der Waals surface area contributed by atoms with Crippen LogP contribution in [0.4, 0.5) is 4.39 Å². The fraction of sp³-hybridized carbons (Fsp3) is 0.167. The summed E-state index contributed by atoms with van der Waals surface area (Å²) in [6.07, 6.45) is 0.799. The molecule has 23 heavy (non-hydrogen) atoms. The first-order chi connectivity index (χ1) is 11.1. The van der Waals surface area contributed by atoms with Crippen molar-refractivity contribution in [2.75, 3.05) is 14.2 Å². The smallest absolute Gasteiger partial charge is 0.334 e. The number of carbonyl (C=O) groups excluding carboxylic acids is 1.